The molecule has 0 radical (unpaired) electrons. The van der Waals surface area contributed by atoms with Gasteiger partial charge in [-0.15, -0.1) is 0 Å². The summed E-state index contributed by atoms with van der Waals surface area (Å²) in [7, 11) is -1.85. The molecule has 0 saturated carbocycles. The highest BCUT2D eigenvalue weighted by atomic mass is 28.3. The maximum Gasteiger partial charge on any atom is 0.142 e. The molecule has 1 heterocycles. The predicted octanol–water partition coefficient (Wildman–Crippen LogP) is 5.61. The van der Waals surface area contributed by atoms with Gasteiger partial charge >= 0.3 is 0 Å². The van der Waals surface area contributed by atoms with Gasteiger partial charge in [0.15, 0.2) is 0 Å². The summed E-state index contributed by atoms with van der Waals surface area (Å²) in [5.74, 6) is 0. The second kappa shape index (κ2) is 7.25. The summed E-state index contributed by atoms with van der Waals surface area (Å²) >= 11 is 0. The monoisotopic (exact) mass is 370 g/mol. The number of benzene rings is 1. The van der Waals surface area contributed by atoms with Gasteiger partial charge in [0.05, 0.1) is 0 Å². The van der Waals surface area contributed by atoms with Crippen molar-refractivity contribution in [1.82, 2.24) is 10.3 Å². The van der Waals surface area contributed by atoms with Crippen molar-refractivity contribution in [1.29, 1.82) is 0 Å². The van der Waals surface area contributed by atoms with Gasteiger partial charge in [-0.25, -0.2) is 0 Å². The Kier molecular flexibility index (Phi) is 5.54. The van der Waals surface area contributed by atoms with Crippen LogP contribution in [0.4, 0.5) is 0 Å². The number of nitrogens with one attached hydrogen (secondary N) is 2. The van der Waals surface area contributed by atoms with E-state index in [0.29, 0.717) is 22.7 Å². The smallest absolute Gasteiger partial charge is 0.142 e. The van der Waals surface area contributed by atoms with Gasteiger partial charge in [-0.1, -0.05) is 58.0 Å². The van der Waals surface area contributed by atoms with Crippen molar-refractivity contribution >= 4 is 13.8 Å². The molecule has 1 saturated heterocycles. The Hall–Kier alpha value is -0.903. The van der Waals surface area contributed by atoms with Crippen LogP contribution in [-0.4, -0.2) is 26.4 Å². The number of allylic oxidation sites excluding steroid dienone is 1. The van der Waals surface area contributed by atoms with Crippen LogP contribution < -0.4 is 10.3 Å². The lowest BCUT2D eigenvalue weighted by Gasteiger charge is -2.48. The zero-order valence-electron chi connectivity index (χ0n) is 17.8. The Morgan fingerprint density at radius 3 is 2.27 bits per heavy atom. The normalized spacial score (nSPS) is 23.7. The van der Waals surface area contributed by atoms with Crippen molar-refractivity contribution in [2.24, 2.45) is 0 Å². The van der Waals surface area contributed by atoms with Gasteiger partial charge in [0.25, 0.3) is 0 Å². The van der Waals surface area contributed by atoms with E-state index in [1.807, 2.05) is 0 Å². The van der Waals surface area contributed by atoms with Gasteiger partial charge in [-0.3, -0.25) is 0 Å². The molecule has 1 aromatic carbocycles. The molecule has 0 bridgehead atoms. The molecule has 2 atom stereocenters. The van der Waals surface area contributed by atoms with Crippen molar-refractivity contribution < 1.29 is 0 Å². The number of hydrogen-bond donors (Lipinski definition) is 2. The van der Waals surface area contributed by atoms with Crippen LogP contribution in [0.25, 0.3) is 5.57 Å². The van der Waals surface area contributed by atoms with Crippen molar-refractivity contribution in [3.05, 3.63) is 41.5 Å². The molecule has 1 aliphatic heterocycles. The average Bonchev–Trinajstić information content (AvgIpc) is 3.18. The molecule has 144 valence electrons. The first-order valence-corrected chi connectivity index (χ1v) is 12.7. The van der Waals surface area contributed by atoms with E-state index in [1.54, 1.807) is 11.1 Å². The van der Waals surface area contributed by atoms with Crippen molar-refractivity contribution in [2.45, 2.75) is 89.5 Å². The van der Waals surface area contributed by atoms with E-state index < -0.39 is 8.24 Å². The van der Waals surface area contributed by atoms with Crippen LogP contribution in [0.15, 0.2) is 30.3 Å². The first-order chi connectivity index (χ1) is 12.2. The molecule has 0 amide bonds. The number of hydrogen-bond acceptors (Lipinski definition) is 2. The average molecular weight is 371 g/mol. The lowest BCUT2D eigenvalue weighted by Crippen LogP contribution is -2.65. The fourth-order valence-corrected chi connectivity index (χ4v) is 11.5. The number of rotatable bonds is 5. The van der Waals surface area contributed by atoms with E-state index >= 15 is 0 Å². The molecule has 2 nitrogen and oxygen atoms in total. The minimum Gasteiger partial charge on any atom is -0.331 e. The van der Waals surface area contributed by atoms with Crippen molar-refractivity contribution in [2.75, 3.05) is 6.54 Å². The highest BCUT2D eigenvalue weighted by Gasteiger charge is 2.51. The highest BCUT2D eigenvalue weighted by molar-refractivity contribution is 6.82. The fourth-order valence-electron chi connectivity index (χ4n) is 5.44. The second-order valence-corrected chi connectivity index (χ2v) is 15.0. The van der Waals surface area contributed by atoms with Crippen LogP contribution in [0.1, 0.15) is 78.0 Å². The van der Waals surface area contributed by atoms with Crippen LogP contribution in [0.5, 0.6) is 0 Å². The predicted molar refractivity (Wildman–Crippen MR) is 117 cm³/mol. The first-order valence-electron chi connectivity index (χ1n) is 10.5. The molecule has 2 unspecified atom stereocenters. The van der Waals surface area contributed by atoms with Crippen LogP contribution in [0.2, 0.25) is 11.1 Å². The molecular weight excluding hydrogens is 332 g/mol. The molecule has 1 aromatic rings. The minimum atomic E-state index is -1.85. The van der Waals surface area contributed by atoms with Gasteiger partial charge in [0.2, 0.25) is 0 Å². The Morgan fingerprint density at radius 2 is 1.73 bits per heavy atom. The first kappa shape index (κ1) is 19.8. The molecule has 2 aliphatic rings. The van der Waals surface area contributed by atoms with Gasteiger partial charge in [0.1, 0.15) is 8.24 Å². The summed E-state index contributed by atoms with van der Waals surface area (Å²) in [5, 5.41) is 3.74. The molecule has 0 spiro atoms. The lowest BCUT2D eigenvalue weighted by atomic mass is 9.99. The Balaban J connectivity index is 2.14. The molecule has 1 aliphatic carbocycles. The third-order valence-corrected chi connectivity index (χ3v) is 12.9. The highest BCUT2D eigenvalue weighted by Crippen LogP contribution is 2.50. The third kappa shape index (κ3) is 3.46. The van der Waals surface area contributed by atoms with Gasteiger partial charge in [-0.05, 0) is 67.9 Å². The molecule has 2 N–H and O–H groups in total. The summed E-state index contributed by atoms with van der Waals surface area (Å²) in [5.41, 5.74) is 6.68. The zero-order valence-corrected chi connectivity index (χ0v) is 18.8. The molecule has 26 heavy (non-hydrogen) atoms. The Labute approximate surface area is 161 Å². The van der Waals surface area contributed by atoms with E-state index in [9.17, 15) is 0 Å². The SMILES string of the molecule is CC(C)[Si](NC(C)(C)C)(C(C)C)C1C=C(C2CCCN2)c2ccccc21. The quantitative estimate of drug-likeness (QED) is 0.658. The maximum absolute atomic E-state index is 4.24. The Morgan fingerprint density at radius 1 is 1.08 bits per heavy atom. The van der Waals surface area contributed by atoms with Crippen LogP contribution >= 0.6 is 0 Å². The minimum absolute atomic E-state index is 0.137. The summed E-state index contributed by atoms with van der Waals surface area (Å²) in [4.78, 5) is 4.24. The van der Waals surface area contributed by atoms with Crippen molar-refractivity contribution in [3.63, 3.8) is 0 Å². The van der Waals surface area contributed by atoms with E-state index in [0.717, 1.165) is 6.54 Å². The van der Waals surface area contributed by atoms with Crippen molar-refractivity contribution in [3.8, 4) is 0 Å². The third-order valence-electron chi connectivity index (χ3n) is 6.41. The largest absolute Gasteiger partial charge is 0.331 e. The molecular formula is C23H38N2Si. The standard InChI is InChI=1S/C23H38N2Si/c1-16(2)26(17(3)4,25-23(5,6)7)22-15-20(21-13-10-14-24-21)18-11-8-9-12-19(18)22/h8-9,11-12,15-17,21-22,24-25H,10,13-14H2,1-7H3. The Bertz CT molecular complexity index is 655. The summed E-state index contributed by atoms with van der Waals surface area (Å²) in [6, 6.07) is 9.76. The van der Waals surface area contributed by atoms with Crippen LogP contribution in [0, 0.1) is 0 Å². The van der Waals surface area contributed by atoms with Gasteiger partial charge in [-0.2, -0.15) is 0 Å². The summed E-state index contributed by atoms with van der Waals surface area (Å²) in [6.45, 7) is 18.0. The molecule has 3 heteroatoms. The maximum atomic E-state index is 4.24. The van der Waals surface area contributed by atoms with E-state index in [2.05, 4.69) is 89.1 Å². The molecule has 1 fully saturated rings. The fraction of sp³-hybridized carbons (Fsp3) is 0.652. The van der Waals surface area contributed by atoms with Crippen LogP contribution in [-0.2, 0) is 0 Å². The van der Waals surface area contributed by atoms with E-state index in [-0.39, 0.29) is 5.54 Å². The van der Waals surface area contributed by atoms with Gasteiger partial charge < -0.3 is 10.3 Å². The lowest BCUT2D eigenvalue weighted by molar-refractivity contribution is 0.492. The summed E-state index contributed by atoms with van der Waals surface area (Å²) < 4.78 is 0. The van der Waals surface area contributed by atoms with Crippen LogP contribution in [0.3, 0.4) is 0 Å². The summed E-state index contributed by atoms with van der Waals surface area (Å²) in [6.07, 6.45) is 5.24. The molecule has 3 rings (SSSR count). The second-order valence-electron chi connectivity index (χ2n) is 9.95. The van der Waals surface area contributed by atoms with E-state index in [4.69, 9.17) is 0 Å². The van der Waals surface area contributed by atoms with E-state index in [1.165, 1.54) is 18.4 Å². The zero-order chi connectivity index (χ0) is 19.1. The topological polar surface area (TPSA) is 24.1 Å². The van der Waals surface area contributed by atoms with Gasteiger partial charge in [0, 0.05) is 17.1 Å². The molecule has 0 aromatic heterocycles. The number of fused-ring (bicyclic) bond motifs is 1.